The number of anilines is 1. The maximum atomic E-state index is 12.9. The summed E-state index contributed by atoms with van der Waals surface area (Å²) in [6, 6.07) is 2.29. The van der Waals surface area contributed by atoms with E-state index < -0.39 is 0 Å². The van der Waals surface area contributed by atoms with Crippen LogP contribution in [-0.2, 0) is 17.6 Å². The van der Waals surface area contributed by atoms with Crippen molar-refractivity contribution in [3.05, 3.63) is 28.7 Å². The van der Waals surface area contributed by atoms with Gasteiger partial charge in [-0.1, -0.05) is 18.7 Å². The van der Waals surface area contributed by atoms with E-state index in [0.717, 1.165) is 36.8 Å². The van der Waals surface area contributed by atoms with Gasteiger partial charge in [0.1, 0.15) is 27.9 Å². The first-order chi connectivity index (χ1) is 13.2. The monoisotopic (exact) mass is 398 g/mol. The third kappa shape index (κ3) is 3.42. The zero-order valence-electron chi connectivity index (χ0n) is 14.8. The molecule has 2 N–H and O–H groups in total. The fourth-order valence-corrected chi connectivity index (χ4v) is 5.47. The number of thiophene rings is 1. The number of rotatable bonds is 5. The second kappa shape index (κ2) is 7.66. The van der Waals surface area contributed by atoms with Gasteiger partial charge < -0.3 is 10.3 Å². The van der Waals surface area contributed by atoms with Gasteiger partial charge in [0.15, 0.2) is 5.65 Å². The molecule has 0 spiro atoms. The van der Waals surface area contributed by atoms with E-state index in [4.69, 9.17) is 0 Å². The first-order valence-electron chi connectivity index (χ1n) is 8.87. The average Bonchev–Trinajstić information content (AvgIpc) is 3.30. The highest BCUT2D eigenvalue weighted by Gasteiger charge is 2.25. The highest BCUT2D eigenvalue weighted by molar-refractivity contribution is 8.00. The van der Waals surface area contributed by atoms with Gasteiger partial charge in [0.2, 0.25) is 5.91 Å². The zero-order chi connectivity index (χ0) is 18.8. The van der Waals surface area contributed by atoms with Crippen molar-refractivity contribution in [1.29, 1.82) is 5.26 Å². The number of nitrogens with one attached hydrogen (secondary N) is 2. The van der Waals surface area contributed by atoms with Gasteiger partial charge in [-0.15, -0.1) is 11.3 Å². The summed E-state index contributed by atoms with van der Waals surface area (Å²) in [7, 11) is 0. The number of amides is 1. The van der Waals surface area contributed by atoms with Gasteiger partial charge in [0.05, 0.1) is 17.1 Å². The SMILES string of the molecule is CC[C@@H](Sc1ncnc2nc[nH]c12)C(=O)Nc1sc2c(c1C#N)CCCC2. The number of thioether (sulfide) groups is 1. The van der Waals surface area contributed by atoms with Gasteiger partial charge in [0.25, 0.3) is 0 Å². The first kappa shape index (κ1) is 17.9. The van der Waals surface area contributed by atoms with Gasteiger partial charge >= 0.3 is 0 Å². The first-order valence-corrected chi connectivity index (χ1v) is 10.6. The third-order valence-corrected chi connectivity index (χ3v) is 7.20. The molecule has 0 fully saturated rings. The summed E-state index contributed by atoms with van der Waals surface area (Å²) < 4.78 is 0. The van der Waals surface area contributed by atoms with Gasteiger partial charge in [-0.3, -0.25) is 4.79 Å². The van der Waals surface area contributed by atoms with Gasteiger partial charge in [-0.2, -0.15) is 5.26 Å². The number of carbonyl (C=O) groups excluding carboxylic acids is 1. The van der Waals surface area contributed by atoms with Crippen LogP contribution < -0.4 is 5.32 Å². The smallest absolute Gasteiger partial charge is 0.238 e. The normalized spacial score (nSPS) is 14.5. The summed E-state index contributed by atoms with van der Waals surface area (Å²) in [6.45, 7) is 1.97. The number of nitriles is 1. The number of nitrogens with zero attached hydrogens (tertiary/aromatic N) is 4. The molecule has 1 aliphatic carbocycles. The second-order valence-electron chi connectivity index (χ2n) is 6.31. The number of imidazole rings is 1. The largest absolute Gasteiger partial charge is 0.341 e. The molecule has 3 aromatic heterocycles. The van der Waals surface area contributed by atoms with E-state index in [-0.39, 0.29) is 11.2 Å². The molecule has 4 rings (SSSR count). The Labute approximate surface area is 164 Å². The minimum atomic E-state index is -0.322. The number of aromatic amines is 1. The molecule has 1 amide bonds. The van der Waals surface area contributed by atoms with Crippen LogP contribution in [0.15, 0.2) is 17.7 Å². The third-order valence-electron chi connectivity index (χ3n) is 4.63. The summed E-state index contributed by atoms with van der Waals surface area (Å²) in [4.78, 5) is 29.7. The van der Waals surface area contributed by atoms with Crippen molar-refractivity contribution in [3.8, 4) is 6.07 Å². The Bertz CT molecular complexity index is 1030. The minimum absolute atomic E-state index is 0.108. The van der Waals surface area contributed by atoms with Crippen LogP contribution in [0.5, 0.6) is 0 Å². The number of carbonyl (C=O) groups is 1. The van der Waals surface area contributed by atoms with Crippen LogP contribution in [0.1, 0.15) is 42.2 Å². The molecule has 0 unspecified atom stereocenters. The highest BCUT2D eigenvalue weighted by atomic mass is 32.2. The van der Waals surface area contributed by atoms with Crippen molar-refractivity contribution in [1.82, 2.24) is 19.9 Å². The number of hydrogen-bond acceptors (Lipinski definition) is 7. The van der Waals surface area contributed by atoms with Crippen LogP contribution >= 0.6 is 23.1 Å². The van der Waals surface area contributed by atoms with Gasteiger partial charge in [0, 0.05) is 4.88 Å². The Morgan fingerprint density at radius 3 is 3.07 bits per heavy atom. The summed E-state index contributed by atoms with van der Waals surface area (Å²) in [6.07, 6.45) is 7.84. The van der Waals surface area contributed by atoms with Crippen LogP contribution in [-0.4, -0.2) is 31.1 Å². The van der Waals surface area contributed by atoms with E-state index >= 15 is 0 Å². The number of H-pyrrole nitrogens is 1. The summed E-state index contributed by atoms with van der Waals surface area (Å²) in [5.41, 5.74) is 3.08. The molecule has 27 heavy (non-hydrogen) atoms. The van der Waals surface area contributed by atoms with Gasteiger partial charge in [-0.25, -0.2) is 15.0 Å². The molecule has 3 aromatic rings. The Morgan fingerprint density at radius 1 is 1.41 bits per heavy atom. The molecule has 0 aliphatic heterocycles. The van der Waals surface area contributed by atoms with Crippen molar-refractivity contribution in [2.75, 3.05) is 5.32 Å². The topological polar surface area (TPSA) is 107 Å². The maximum Gasteiger partial charge on any atom is 0.238 e. The van der Waals surface area contributed by atoms with Crippen molar-refractivity contribution >= 4 is 45.2 Å². The lowest BCUT2D eigenvalue weighted by Crippen LogP contribution is -2.24. The van der Waals surface area contributed by atoms with Crippen molar-refractivity contribution in [2.24, 2.45) is 0 Å². The van der Waals surface area contributed by atoms with E-state index in [1.54, 1.807) is 17.7 Å². The van der Waals surface area contributed by atoms with Crippen LogP contribution in [0, 0.1) is 11.3 Å². The van der Waals surface area contributed by atoms with E-state index in [1.165, 1.54) is 23.0 Å². The quantitative estimate of drug-likeness (QED) is 0.501. The maximum absolute atomic E-state index is 12.9. The number of aryl methyl sites for hydroxylation is 1. The van der Waals surface area contributed by atoms with Crippen molar-refractivity contribution in [3.63, 3.8) is 0 Å². The molecule has 0 saturated carbocycles. The molecule has 1 aliphatic rings. The number of fused-ring (bicyclic) bond motifs is 2. The summed E-state index contributed by atoms with van der Waals surface area (Å²) in [5, 5.41) is 13.6. The molecule has 0 aromatic carbocycles. The molecule has 0 radical (unpaired) electrons. The highest BCUT2D eigenvalue weighted by Crippen LogP contribution is 2.38. The Hall–Kier alpha value is -2.44. The molecule has 0 saturated heterocycles. The van der Waals surface area contributed by atoms with Gasteiger partial charge in [-0.05, 0) is 37.7 Å². The number of hydrogen-bond donors (Lipinski definition) is 2. The molecule has 0 bridgehead atoms. The Morgan fingerprint density at radius 2 is 2.26 bits per heavy atom. The lowest BCUT2D eigenvalue weighted by atomic mass is 9.96. The fraction of sp³-hybridized carbons (Fsp3) is 0.389. The fourth-order valence-electron chi connectivity index (χ4n) is 3.25. The molecular weight excluding hydrogens is 380 g/mol. The number of aromatic nitrogens is 4. The van der Waals surface area contributed by atoms with E-state index in [1.807, 2.05) is 6.92 Å². The van der Waals surface area contributed by atoms with Crippen LogP contribution in [0.2, 0.25) is 0 Å². The molecule has 3 heterocycles. The lowest BCUT2D eigenvalue weighted by Gasteiger charge is -2.14. The minimum Gasteiger partial charge on any atom is -0.341 e. The Balaban J connectivity index is 1.56. The predicted octanol–water partition coefficient (Wildman–Crippen LogP) is 3.67. The van der Waals surface area contributed by atoms with E-state index in [0.29, 0.717) is 27.7 Å². The van der Waals surface area contributed by atoms with Crippen LogP contribution in [0.4, 0.5) is 5.00 Å². The molecule has 138 valence electrons. The van der Waals surface area contributed by atoms with Crippen molar-refractivity contribution < 1.29 is 4.79 Å². The average molecular weight is 399 g/mol. The molecule has 9 heteroatoms. The van der Waals surface area contributed by atoms with Crippen molar-refractivity contribution in [2.45, 2.75) is 49.3 Å². The zero-order valence-corrected chi connectivity index (χ0v) is 16.4. The lowest BCUT2D eigenvalue weighted by molar-refractivity contribution is -0.115. The Kier molecular flexibility index (Phi) is 5.09. The molecule has 7 nitrogen and oxygen atoms in total. The molecule has 1 atom stereocenters. The summed E-state index contributed by atoms with van der Waals surface area (Å²) in [5.74, 6) is -0.108. The second-order valence-corrected chi connectivity index (χ2v) is 8.61. The summed E-state index contributed by atoms with van der Waals surface area (Å²) >= 11 is 2.93. The molecular formula is C18H18N6OS2. The standard InChI is InChI=1S/C18H18N6OS2/c1-2-12(26-18-14-15(21-8-20-14)22-9-23-18)16(25)24-17-11(7-19)10-5-3-4-6-13(10)27-17/h8-9,12H,2-6H2,1H3,(H,24,25)(H,20,21,22,23)/t12-/m1/s1. The predicted molar refractivity (Wildman–Crippen MR) is 106 cm³/mol. The van der Waals surface area contributed by atoms with Crippen LogP contribution in [0.3, 0.4) is 0 Å². The van der Waals surface area contributed by atoms with E-state index in [2.05, 4.69) is 31.3 Å². The van der Waals surface area contributed by atoms with Crippen LogP contribution in [0.25, 0.3) is 11.2 Å². The van der Waals surface area contributed by atoms with E-state index in [9.17, 15) is 10.1 Å².